The first-order chi connectivity index (χ1) is 7.89. The van der Waals surface area contributed by atoms with Crippen LogP contribution >= 0.6 is 11.3 Å². The minimum atomic E-state index is 0.0648. The SMILES string of the molecule is CC(=O)c1sc(N2CCCC(C)(C)C2)cc1N. The van der Waals surface area contributed by atoms with Crippen LogP contribution in [0, 0.1) is 5.41 Å². The highest BCUT2D eigenvalue weighted by molar-refractivity contribution is 7.18. The van der Waals surface area contributed by atoms with Crippen molar-refractivity contribution in [2.45, 2.75) is 33.6 Å². The largest absolute Gasteiger partial charge is 0.397 e. The molecule has 1 aliphatic heterocycles. The van der Waals surface area contributed by atoms with Gasteiger partial charge in [0.1, 0.15) is 0 Å². The van der Waals surface area contributed by atoms with Crippen LogP contribution in [0.3, 0.4) is 0 Å². The van der Waals surface area contributed by atoms with E-state index in [1.807, 2.05) is 6.07 Å². The standard InChI is InChI=1S/C13H20N2OS/c1-9(16)12-10(14)7-11(17-12)15-6-4-5-13(2,3)8-15/h7H,4-6,8,14H2,1-3H3. The molecule has 1 fully saturated rings. The Morgan fingerprint density at radius 3 is 2.76 bits per heavy atom. The Morgan fingerprint density at radius 1 is 1.53 bits per heavy atom. The van der Waals surface area contributed by atoms with E-state index >= 15 is 0 Å². The van der Waals surface area contributed by atoms with Gasteiger partial charge in [-0.25, -0.2) is 0 Å². The maximum Gasteiger partial charge on any atom is 0.171 e. The molecule has 1 aromatic rings. The molecule has 2 heterocycles. The smallest absolute Gasteiger partial charge is 0.171 e. The summed E-state index contributed by atoms with van der Waals surface area (Å²) in [6.45, 7) is 8.28. The number of anilines is 2. The number of ketones is 1. The summed E-state index contributed by atoms with van der Waals surface area (Å²) in [4.78, 5) is 14.5. The number of carbonyl (C=O) groups is 1. The zero-order valence-electron chi connectivity index (χ0n) is 10.7. The quantitative estimate of drug-likeness (QED) is 0.822. The topological polar surface area (TPSA) is 46.3 Å². The van der Waals surface area contributed by atoms with Gasteiger partial charge >= 0.3 is 0 Å². The van der Waals surface area contributed by atoms with E-state index in [2.05, 4.69) is 18.7 Å². The van der Waals surface area contributed by atoms with Gasteiger partial charge in [-0.1, -0.05) is 13.8 Å². The molecule has 1 saturated heterocycles. The summed E-state index contributed by atoms with van der Waals surface area (Å²) in [7, 11) is 0. The van der Waals surface area contributed by atoms with Crippen molar-refractivity contribution in [3.8, 4) is 0 Å². The number of piperidine rings is 1. The molecule has 94 valence electrons. The molecule has 2 rings (SSSR count). The van der Waals surface area contributed by atoms with Crippen LogP contribution in [0.25, 0.3) is 0 Å². The Balaban J connectivity index is 2.22. The Bertz CT molecular complexity index is 437. The maximum absolute atomic E-state index is 11.4. The fraction of sp³-hybridized carbons (Fsp3) is 0.615. The highest BCUT2D eigenvalue weighted by atomic mass is 32.1. The lowest BCUT2D eigenvalue weighted by Gasteiger charge is -2.38. The third-order valence-electron chi connectivity index (χ3n) is 3.28. The number of hydrogen-bond acceptors (Lipinski definition) is 4. The summed E-state index contributed by atoms with van der Waals surface area (Å²) >= 11 is 1.53. The van der Waals surface area contributed by atoms with Gasteiger partial charge in [0, 0.05) is 20.0 Å². The van der Waals surface area contributed by atoms with Crippen LogP contribution in [0.4, 0.5) is 10.7 Å². The second-order valence-electron chi connectivity index (χ2n) is 5.61. The van der Waals surface area contributed by atoms with Gasteiger partial charge in [0.25, 0.3) is 0 Å². The molecule has 4 heteroatoms. The molecular weight excluding hydrogens is 232 g/mol. The maximum atomic E-state index is 11.4. The fourth-order valence-corrected chi connectivity index (χ4v) is 3.43. The van der Waals surface area contributed by atoms with Crippen LogP contribution in [-0.2, 0) is 0 Å². The first-order valence-electron chi connectivity index (χ1n) is 6.04. The van der Waals surface area contributed by atoms with Crippen LogP contribution in [0.2, 0.25) is 0 Å². The first kappa shape index (κ1) is 12.4. The van der Waals surface area contributed by atoms with E-state index in [9.17, 15) is 4.79 Å². The molecular formula is C13H20N2OS. The highest BCUT2D eigenvalue weighted by Crippen LogP contribution is 2.37. The molecule has 0 bridgehead atoms. The number of carbonyl (C=O) groups excluding carboxylic acids is 1. The number of hydrogen-bond donors (Lipinski definition) is 1. The molecule has 0 aliphatic carbocycles. The molecule has 2 N–H and O–H groups in total. The number of nitrogens with zero attached hydrogens (tertiary/aromatic N) is 1. The number of thiophene rings is 1. The van der Waals surface area contributed by atoms with Crippen molar-refractivity contribution in [1.82, 2.24) is 0 Å². The van der Waals surface area contributed by atoms with E-state index in [0.717, 1.165) is 18.1 Å². The summed E-state index contributed by atoms with van der Waals surface area (Å²) in [6.07, 6.45) is 2.48. The summed E-state index contributed by atoms with van der Waals surface area (Å²) in [5.41, 5.74) is 6.86. The molecule has 0 saturated carbocycles. The van der Waals surface area contributed by atoms with E-state index in [4.69, 9.17) is 5.73 Å². The molecule has 1 aliphatic rings. The third kappa shape index (κ3) is 2.63. The van der Waals surface area contributed by atoms with Crippen LogP contribution < -0.4 is 10.6 Å². The molecule has 0 spiro atoms. The van der Waals surface area contributed by atoms with Gasteiger partial charge < -0.3 is 10.6 Å². The average Bonchev–Trinajstić information content (AvgIpc) is 2.59. The van der Waals surface area contributed by atoms with E-state index in [-0.39, 0.29) is 5.78 Å². The van der Waals surface area contributed by atoms with Gasteiger partial charge in [-0.3, -0.25) is 4.79 Å². The Kier molecular flexibility index (Phi) is 3.17. The lowest BCUT2D eigenvalue weighted by Crippen LogP contribution is -2.39. The molecule has 0 atom stereocenters. The molecule has 0 radical (unpaired) electrons. The monoisotopic (exact) mass is 252 g/mol. The van der Waals surface area contributed by atoms with Gasteiger partial charge in [0.15, 0.2) is 5.78 Å². The van der Waals surface area contributed by atoms with Gasteiger partial charge in [-0.05, 0) is 24.3 Å². The average molecular weight is 252 g/mol. The zero-order chi connectivity index (χ0) is 12.6. The number of Topliss-reactive ketones (excluding diaryl/α,β-unsaturated/α-hetero) is 1. The fourth-order valence-electron chi connectivity index (χ4n) is 2.43. The number of rotatable bonds is 2. The van der Waals surface area contributed by atoms with E-state index < -0.39 is 0 Å². The molecule has 17 heavy (non-hydrogen) atoms. The second kappa shape index (κ2) is 4.33. The van der Waals surface area contributed by atoms with Crippen LogP contribution in [0.5, 0.6) is 0 Å². The number of nitrogen functional groups attached to an aromatic ring is 1. The van der Waals surface area contributed by atoms with Gasteiger partial charge in [0.05, 0.1) is 15.6 Å². The van der Waals surface area contributed by atoms with Crippen molar-refractivity contribution in [2.75, 3.05) is 23.7 Å². The molecule has 0 unspecified atom stereocenters. The van der Waals surface area contributed by atoms with Gasteiger partial charge in [-0.15, -0.1) is 11.3 Å². The predicted molar refractivity (Wildman–Crippen MR) is 74.0 cm³/mol. The molecule has 1 aromatic heterocycles. The van der Waals surface area contributed by atoms with Crippen molar-refractivity contribution < 1.29 is 4.79 Å². The minimum Gasteiger partial charge on any atom is -0.397 e. The number of nitrogens with two attached hydrogens (primary N) is 1. The summed E-state index contributed by atoms with van der Waals surface area (Å²) in [6, 6.07) is 1.95. The first-order valence-corrected chi connectivity index (χ1v) is 6.86. The van der Waals surface area contributed by atoms with Crippen molar-refractivity contribution >= 4 is 27.8 Å². The van der Waals surface area contributed by atoms with E-state index in [0.29, 0.717) is 16.0 Å². The van der Waals surface area contributed by atoms with Crippen molar-refractivity contribution in [3.05, 3.63) is 10.9 Å². The lowest BCUT2D eigenvalue weighted by molar-refractivity contribution is 0.102. The zero-order valence-corrected chi connectivity index (χ0v) is 11.6. The van der Waals surface area contributed by atoms with Crippen LogP contribution in [0.15, 0.2) is 6.07 Å². The van der Waals surface area contributed by atoms with E-state index in [1.165, 1.54) is 24.2 Å². The molecule has 3 nitrogen and oxygen atoms in total. The minimum absolute atomic E-state index is 0.0648. The molecule has 0 aromatic carbocycles. The Morgan fingerprint density at radius 2 is 2.24 bits per heavy atom. The Hall–Kier alpha value is -1.03. The summed E-state index contributed by atoms with van der Waals surface area (Å²) in [5.74, 6) is 0.0648. The Labute approximate surface area is 107 Å². The van der Waals surface area contributed by atoms with Crippen LogP contribution in [-0.4, -0.2) is 18.9 Å². The normalized spacial score (nSPS) is 19.4. The summed E-state index contributed by atoms with van der Waals surface area (Å²) < 4.78 is 0. The predicted octanol–water partition coefficient (Wildman–Crippen LogP) is 3.16. The van der Waals surface area contributed by atoms with Crippen molar-refractivity contribution in [3.63, 3.8) is 0 Å². The van der Waals surface area contributed by atoms with Crippen LogP contribution in [0.1, 0.15) is 43.3 Å². The van der Waals surface area contributed by atoms with Crippen molar-refractivity contribution in [1.29, 1.82) is 0 Å². The van der Waals surface area contributed by atoms with Crippen molar-refractivity contribution in [2.24, 2.45) is 5.41 Å². The molecule has 0 amide bonds. The van der Waals surface area contributed by atoms with Gasteiger partial charge in [-0.2, -0.15) is 0 Å². The second-order valence-corrected chi connectivity index (χ2v) is 6.65. The lowest BCUT2D eigenvalue weighted by atomic mass is 9.84. The van der Waals surface area contributed by atoms with E-state index in [1.54, 1.807) is 6.92 Å². The highest BCUT2D eigenvalue weighted by Gasteiger charge is 2.27. The van der Waals surface area contributed by atoms with Gasteiger partial charge in [0.2, 0.25) is 0 Å². The summed E-state index contributed by atoms with van der Waals surface area (Å²) in [5, 5.41) is 1.14. The third-order valence-corrected chi connectivity index (χ3v) is 4.59.